The number of hydrogen-bond acceptors (Lipinski definition) is 5. The molecule has 0 N–H and O–H groups in total. The third-order valence-corrected chi connectivity index (χ3v) is 6.59. The van der Waals surface area contributed by atoms with Crippen LogP contribution in [-0.2, 0) is 24.0 Å². The molecule has 109 valence electrons. The van der Waals surface area contributed by atoms with E-state index in [9.17, 15) is 24.0 Å². The van der Waals surface area contributed by atoms with Gasteiger partial charge in [-0.3, -0.25) is 0 Å². The molecule has 0 aromatic rings. The summed E-state index contributed by atoms with van der Waals surface area (Å²) < 4.78 is 0.478. The second-order valence-corrected chi connectivity index (χ2v) is 7.40. The standard InChI is InChI=1S/C15H15GeO5/c1-6(17)11-12(7(2)18)14(9(4)20)16-15(10(5)21)13(11)8(3)19/h1-5H3. The van der Waals surface area contributed by atoms with Gasteiger partial charge in [-0.25, -0.2) is 0 Å². The number of rotatable bonds is 5. The molecule has 1 aliphatic rings. The summed E-state index contributed by atoms with van der Waals surface area (Å²) in [7, 11) is 0. The molecular formula is C15H15GeO5. The molecule has 1 rings (SSSR count). The van der Waals surface area contributed by atoms with Crippen molar-refractivity contribution >= 4 is 48.3 Å². The Labute approximate surface area is 128 Å². The second kappa shape index (κ2) is 6.34. The molecule has 0 aromatic carbocycles. The van der Waals surface area contributed by atoms with E-state index in [1.807, 2.05) is 0 Å². The van der Waals surface area contributed by atoms with Gasteiger partial charge in [0.05, 0.1) is 0 Å². The van der Waals surface area contributed by atoms with E-state index in [4.69, 9.17) is 0 Å². The van der Waals surface area contributed by atoms with Crippen LogP contribution in [0.1, 0.15) is 34.6 Å². The van der Waals surface area contributed by atoms with Crippen molar-refractivity contribution < 1.29 is 24.0 Å². The molecule has 1 radical (unpaired) electrons. The van der Waals surface area contributed by atoms with Crippen LogP contribution in [-0.4, -0.2) is 48.3 Å². The van der Waals surface area contributed by atoms with Crippen molar-refractivity contribution in [2.24, 2.45) is 0 Å². The Kier molecular flexibility index (Phi) is 5.22. The zero-order valence-electron chi connectivity index (χ0n) is 12.5. The van der Waals surface area contributed by atoms with E-state index >= 15 is 0 Å². The summed E-state index contributed by atoms with van der Waals surface area (Å²) in [4.78, 5) is 59.3. The van der Waals surface area contributed by atoms with Gasteiger partial charge in [0.25, 0.3) is 0 Å². The monoisotopic (exact) mass is 349 g/mol. The fourth-order valence-corrected chi connectivity index (χ4v) is 5.26. The summed E-state index contributed by atoms with van der Waals surface area (Å²) in [6, 6.07) is 0. The van der Waals surface area contributed by atoms with E-state index in [-0.39, 0.29) is 37.0 Å². The summed E-state index contributed by atoms with van der Waals surface area (Å²) in [6.45, 7) is 6.34. The third-order valence-electron chi connectivity index (χ3n) is 3.01. The summed E-state index contributed by atoms with van der Waals surface area (Å²) in [5.74, 6) is -2.03. The van der Waals surface area contributed by atoms with Crippen LogP contribution in [0.25, 0.3) is 0 Å². The van der Waals surface area contributed by atoms with Gasteiger partial charge in [-0.15, -0.1) is 0 Å². The maximum atomic E-state index is 11.9. The van der Waals surface area contributed by atoms with E-state index in [1.54, 1.807) is 0 Å². The molecule has 0 atom stereocenters. The predicted molar refractivity (Wildman–Crippen MR) is 78.2 cm³/mol. The number of Topliss-reactive ketones (excluding diaryl/α,β-unsaturated/α-hetero) is 5. The van der Waals surface area contributed by atoms with Crippen molar-refractivity contribution in [2.45, 2.75) is 34.6 Å². The van der Waals surface area contributed by atoms with Crippen LogP contribution < -0.4 is 0 Å². The summed E-state index contributed by atoms with van der Waals surface area (Å²) in [6.07, 6.45) is 0. The molecule has 0 aliphatic carbocycles. The van der Waals surface area contributed by atoms with Crippen molar-refractivity contribution in [3.05, 3.63) is 21.1 Å². The Morgan fingerprint density at radius 1 is 0.571 bits per heavy atom. The molecule has 6 heteroatoms. The fourth-order valence-electron chi connectivity index (χ4n) is 2.21. The first kappa shape index (κ1) is 17.3. The van der Waals surface area contributed by atoms with E-state index < -0.39 is 32.3 Å². The van der Waals surface area contributed by atoms with Crippen LogP contribution in [0.3, 0.4) is 0 Å². The summed E-state index contributed by atoms with van der Waals surface area (Å²) in [5.41, 5.74) is -0.0456. The fraction of sp³-hybridized carbons (Fsp3) is 0.333. The molecular weight excluding hydrogens is 333 g/mol. The van der Waals surface area contributed by atoms with Crippen molar-refractivity contribution in [3.63, 3.8) is 0 Å². The average Bonchev–Trinajstić information content (AvgIpc) is 2.34. The van der Waals surface area contributed by atoms with Gasteiger partial charge in [-0.05, 0) is 0 Å². The molecule has 5 nitrogen and oxygen atoms in total. The van der Waals surface area contributed by atoms with Crippen LogP contribution in [0, 0.1) is 0 Å². The van der Waals surface area contributed by atoms with E-state index in [1.165, 1.54) is 34.6 Å². The third kappa shape index (κ3) is 3.29. The van der Waals surface area contributed by atoms with Gasteiger partial charge in [0.15, 0.2) is 0 Å². The Bertz CT molecular complexity index is 671. The minimum absolute atomic E-state index is 0.0187. The first-order chi connectivity index (χ1) is 9.59. The SMILES string of the molecule is CC(=O)[C]1=[Ge][C](C(C)=O)=C(C(C)=O)C(C(C)=O)=C1C(C)=O. The zero-order chi connectivity index (χ0) is 16.5. The van der Waals surface area contributed by atoms with Gasteiger partial charge < -0.3 is 0 Å². The van der Waals surface area contributed by atoms with Gasteiger partial charge in [0.1, 0.15) is 0 Å². The summed E-state index contributed by atoms with van der Waals surface area (Å²) in [5, 5.41) is 0. The van der Waals surface area contributed by atoms with Gasteiger partial charge in [-0.2, -0.15) is 0 Å². The van der Waals surface area contributed by atoms with Crippen molar-refractivity contribution in [3.8, 4) is 0 Å². The average molecular weight is 348 g/mol. The first-order valence-electron chi connectivity index (χ1n) is 6.27. The summed E-state index contributed by atoms with van der Waals surface area (Å²) >= 11 is -1.41. The van der Waals surface area contributed by atoms with E-state index in [0.29, 0.717) is 0 Å². The minimum atomic E-state index is -1.41. The molecule has 0 amide bonds. The van der Waals surface area contributed by atoms with Gasteiger partial charge in [-0.1, -0.05) is 0 Å². The Hall–Kier alpha value is -1.76. The molecule has 0 unspecified atom stereocenters. The molecule has 0 fully saturated rings. The van der Waals surface area contributed by atoms with Crippen LogP contribution >= 0.6 is 0 Å². The second-order valence-electron chi connectivity index (χ2n) is 4.78. The first-order valence-corrected chi connectivity index (χ1v) is 8.37. The molecule has 21 heavy (non-hydrogen) atoms. The Balaban J connectivity index is 4.00. The van der Waals surface area contributed by atoms with Crippen molar-refractivity contribution in [1.82, 2.24) is 0 Å². The molecule has 0 spiro atoms. The molecule has 1 aliphatic heterocycles. The van der Waals surface area contributed by atoms with Crippen LogP contribution in [0.4, 0.5) is 0 Å². The number of carbonyl (C=O) groups excluding carboxylic acids is 5. The van der Waals surface area contributed by atoms with E-state index in [0.717, 1.165) is 0 Å². The van der Waals surface area contributed by atoms with Crippen LogP contribution in [0.5, 0.6) is 0 Å². The number of carbonyl (C=O) groups is 5. The van der Waals surface area contributed by atoms with Crippen LogP contribution in [0.15, 0.2) is 21.1 Å². The molecule has 0 saturated heterocycles. The normalized spacial score (nSPS) is 14.8. The van der Waals surface area contributed by atoms with Gasteiger partial charge in [0, 0.05) is 0 Å². The zero-order valence-corrected chi connectivity index (χ0v) is 14.6. The van der Waals surface area contributed by atoms with Crippen LogP contribution in [0.2, 0.25) is 0 Å². The van der Waals surface area contributed by atoms with Gasteiger partial charge >= 0.3 is 128 Å². The van der Waals surface area contributed by atoms with E-state index in [2.05, 4.69) is 0 Å². The van der Waals surface area contributed by atoms with Crippen molar-refractivity contribution in [2.75, 3.05) is 0 Å². The van der Waals surface area contributed by atoms with Gasteiger partial charge in [0.2, 0.25) is 0 Å². The predicted octanol–water partition coefficient (Wildman–Crippen LogP) is 0.372. The number of ketones is 5. The number of hydrogen-bond donors (Lipinski definition) is 0. The molecule has 0 bridgehead atoms. The molecule has 0 saturated carbocycles. The Morgan fingerprint density at radius 2 is 1.00 bits per heavy atom. The maximum absolute atomic E-state index is 11.9. The molecule has 1 heterocycles. The Morgan fingerprint density at radius 3 is 1.29 bits per heavy atom. The quantitative estimate of drug-likeness (QED) is 0.671. The number of allylic oxidation sites excluding steroid dienone is 4. The topological polar surface area (TPSA) is 85.3 Å². The van der Waals surface area contributed by atoms with Crippen molar-refractivity contribution in [1.29, 1.82) is 0 Å². The molecule has 0 aromatic heterocycles.